The van der Waals surface area contributed by atoms with Crippen molar-refractivity contribution >= 4 is 34.3 Å². The largest absolute Gasteiger partial charge is 0.497 e. The van der Waals surface area contributed by atoms with Crippen LogP contribution in [0.2, 0.25) is 5.02 Å². The van der Waals surface area contributed by atoms with Crippen LogP contribution in [0, 0.1) is 6.92 Å². The number of rotatable bonds is 6. The maximum atomic E-state index is 6.52. The van der Waals surface area contributed by atoms with Gasteiger partial charge < -0.3 is 9.15 Å². The van der Waals surface area contributed by atoms with Crippen molar-refractivity contribution in [3.05, 3.63) is 76.3 Å². The highest BCUT2D eigenvalue weighted by Gasteiger charge is 2.13. The molecule has 0 radical (unpaired) electrons. The fraction of sp³-hybridized carbons (Fsp3) is 0.190. The van der Waals surface area contributed by atoms with Gasteiger partial charge in [-0.05, 0) is 36.2 Å². The van der Waals surface area contributed by atoms with Crippen LogP contribution in [0.25, 0.3) is 10.9 Å². The maximum absolute atomic E-state index is 6.52. The number of para-hydroxylation sites is 1. The molecule has 142 valence electrons. The summed E-state index contributed by atoms with van der Waals surface area (Å²) < 4.78 is 10.9. The van der Waals surface area contributed by atoms with Gasteiger partial charge >= 0.3 is 0 Å². The summed E-state index contributed by atoms with van der Waals surface area (Å²) in [7, 11) is 1.65. The van der Waals surface area contributed by atoms with Gasteiger partial charge in [-0.25, -0.2) is 0 Å². The molecular weight excluding hydrogens is 394 g/mol. The van der Waals surface area contributed by atoms with Crippen molar-refractivity contribution in [2.45, 2.75) is 24.3 Å². The molecule has 0 aliphatic rings. The van der Waals surface area contributed by atoms with Crippen molar-refractivity contribution in [2.24, 2.45) is 0 Å². The molecule has 0 N–H and O–H groups in total. The predicted molar refractivity (Wildman–Crippen MR) is 111 cm³/mol. The Hall–Kier alpha value is -2.57. The molecule has 0 bridgehead atoms. The monoisotopic (exact) mass is 411 g/mol. The van der Waals surface area contributed by atoms with Crippen LogP contribution >= 0.6 is 23.4 Å². The Morgan fingerprint density at radius 2 is 1.86 bits per heavy atom. The SMILES string of the molecule is COc1ccc(Cc2nnc(SCc3nc4ccccc4c(C)c3Cl)o2)cc1. The highest BCUT2D eigenvalue weighted by Crippen LogP contribution is 2.31. The normalized spacial score (nSPS) is 11.1. The van der Waals surface area contributed by atoms with Crippen LogP contribution in [-0.2, 0) is 12.2 Å². The fourth-order valence-electron chi connectivity index (χ4n) is 2.93. The molecule has 0 fully saturated rings. The second-order valence-electron chi connectivity index (χ2n) is 6.29. The zero-order valence-corrected chi connectivity index (χ0v) is 17.0. The smallest absolute Gasteiger partial charge is 0.276 e. The van der Waals surface area contributed by atoms with E-state index in [1.807, 2.05) is 55.5 Å². The molecule has 28 heavy (non-hydrogen) atoms. The third kappa shape index (κ3) is 3.98. The van der Waals surface area contributed by atoms with E-state index < -0.39 is 0 Å². The third-order valence-electron chi connectivity index (χ3n) is 4.44. The Balaban J connectivity index is 1.46. The van der Waals surface area contributed by atoms with Gasteiger partial charge in [-0.3, -0.25) is 4.98 Å². The van der Waals surface area contributed by atoms with Crippen LogP contribution in [0.5, 0.6) is 5.75 Å². The maximum Gasteiger partial charge on any atom is 0.276 e. The van der Waals surface area contributed by atoms with Gasteiger partial charge in [0.15, 0.2) is 0 Å². The van der Waals surface area contributed by atoms with Gasteiger partial charge in [-0.1, -0.05) is 53.7 Å². The zero-order chi connectivity index (χ0) is 19.5. The minimum atomic E-state index is 0.507. The number of nitrogens with zero attached hydrogens (tertiary/aromatic N) is 3. The van der Waals surface area contributed by atoms with Crippen LogP contribution in [-0.4, -0.2) is 22.3 Å². The van der Waals surface area contributed by atoms with E-state index in [1.54, 1.807) is 7.11 Å². The Labute approximate surface area is 172 Å². The summed E-state index contributed by atoms with van der Waals surface area (Å²) in [6.07, 6.45) is 0.575. The number of aryl methyl sites for hydroxylation is 1. The number of methoxy groups -OCH3 is 1. The van der Waals surface area contributed by atoms with E-state index in [-0.39, 0.29) is 0 Å². The first-order chi connectivity index (χ1) is 13.6. The van der Waals surface area contributed by atoms with Crippen molar-refractivity contribution < 1.29 is 9.15 Å². The molecule has 4 aromatic rings. The molecule has 2 aromatic carbocycles. The Morgan fingerprint density at radius 1 is 1.07 bits per heavy atom. The molecule has 0 aliphatic carbocycles. The summed E-state index contributed by atoms with van der Waals surface area (Å²) in [5.41, 5.74) is 3.87. The Morgan fingerprint density at radius 3 is 2.64 bits per heavy atom. The summed E-state index contributed by atoms with van der Waals surface area (Å²) in [6.45, 7) is 2.01. The summed E-state index contributed by atoms with van der Waals surface area (Å²) in [5.74, 6) is 1.95. The number of fused-ring (bicyclic) bond motifs is 1. The lowest BCUT2D eigenvalue weighted by molar-refractivity contribution is 0.413. The van der Waals surface area contributed by atoms with Gasteiger partial charge in [-0.2, -0.15) is 0 Å². The van der Waals surface area contributed by atoms with E-state index >= 15 is 0 Å². The zero-order valence-electron chi connectivity index (χ0n) is 15.5. The third-order valence-corrected chi connectivity index (χ3v) is 5.77. The Bertz CT molecular complexity index is 1110. The molecule has 0 atom stereocenters. The van der Waals surface area contributed by atoms with Gasteiger partial charge in [0, 0.05) is 11.1 Å². The fourth-order valence-corrected chi connectivity index (χ4v) is 3.94. The van der Waals surface area contributed by atoms with Crippen LogP contribution in [0.4, 0.5) is 0 Å². The lowest BCUT2D eigenvalue weighted by Crippen LogP contribution is -1.94. The molecule has 0 unspecified atom stereocenters. The van der Waals surface area contributed by atoms with Crippen molar-refractivity contribution in [1.29, 1.82) is 0 Å². The first-order valence-corrected chi connectivity index (χ1v) is 10.1. The molecule has 0 spiro atoms. The Kier molecular flexibility index (Phi) is 5.50. The van der Waals surface area contributed by atoms with Crippen LogP contribution in [0.1, 0.15) is 22.7 Å². The lowest BCUT2D eigenvalue weighted by Gasteiger charge is -2.08. The number of halogens is 1. The number of thioether (sulfide) groups is 1. The molecule has 2 heterocycles. The van der Waals surface area contributed by atoms with E-state index in [4.69, 9.17) is 20.8 Å². The minimum absolute atomic E-state index is 0.507. The molecule has 5 nitrogen and oxygen atoms in total. The van der Waals surface area contributed by atoms with Crippen molar-refractivity contribution in [1.82, 2.24) is 15.2 Å². The number of pyridine rings is 1. The summed E-state index contributed by atoms with van der Waals surface area (Å²) >= 11 is 7.96. The van der Waals surface area contributed by atoms with Gasteiger partial charge in [0.25, 0.3) is 5.22 Å². The van der Waals surface area contributed by atoms with Crippen molar-refractivity contribution in [2.75, 3.05) is 7.11 Å². The van der Waals surface area contributed by atoms with E-state index in [2.05, 4.69) is 15.2 Å². The van der Waals surface area contributed by atoms with E-state index in [0.29, 0.717) is 28.3 Å². The lowest BCUT2D eigenvalue weighted by atomic mass is 10.1. The number of aromatic nitrogens is 3. The number of hydrogen-bond donors (Lipinski definition) is 0. The first-order valence-electron chi connectivity index (χ1n) is 8.76. The average molecular weight is 412 g/mol. The van der Waals surface area contributed by atoms with E-state index in [9.17, 15) is 0 Å². The quantitative estimate of drug-likeness (QED) is 0.392. The predicted octanol–water partition coefficient (Wildman–Crippen LogP) is 5.47. The molecule has 0 amide bonds. The number of ether oxygens (including phenoxy) is 1. The summed E-state index contributed by atoms with van der Waals surface area (Å²) in [5, 5.41) is 10.5. The second-order valence-corrected chi connectivity index (χ2v) is 7.59. The summed E-state index contributed by atoms with van der Waals surface area (Å²) in [6, 6.07) is 15.8. The van der Waals surface area contributed by atoms with Crippen molar-refractivity contribution in [3.63, 3.8) is 0 Å². The number of benzene rings is 2. The highest BCUT2D eigenvalue weighted by molar-refractivity contribution is 7.98. The molecule has 0 saturated carbocycles. The molecule has 0 saturated heterocycles. The summed E-state index contributed by atoms with van der Waals surface area (Å²) in [4.78, 5) is 4.69. The van der Waals surface area contributed by atoms with Crippen molar-refractivity contribution in [3.8, 4) is 5.75 Å². The molecule has 2 aromatic heterocycles. The molecular formula is C21H18ClN3O2S. The minimum Gasteiger partial charge on any atom is -0.497 e. The molecule has 0 aliphatic heterocycles. The number of hydrogen-bond acceptors (Lipinski definition) is 6. The standard InChI is InChI=1S/C21H18ClN3O2S/c1-13-16-5-3-4-6-17(16)23-18(20(13)22)12-28-21-25-24-19(27-21)11-14-7-9-15(26-2)10-8-14/h3-10H,11-12H2,1-2H3. The van der Waals surface area contributed by atoms with Gasteiger partial charge in [0.1, 0.15) is 5.75 Å². The topological polar surface area (TPSA) is 61.0 Å². The second kappa shape index (κ2) is 8.20. The van der Waals surface area contributed by atoms with Gasteiger partial charge in [-0.15, -0.1) is 10.2 Å². The van der Waals surface area contributed by atoms with Crippen LogP contribution in [0.3, 0.4) is 0 Å². The van der Waals surface area contributed by atoms with Gasteiger partial charge in [0.2, 0.25) is 5.89 Å². The van der Waals surface area contributed by atoms with Crippen LogP contribution < -0.4 is 4.74 Å². The van der Waals surface area contributed by atoms with Crippen LogP contribution in [0.15, 0.2) is 58.2 Å². The van der Waals surface area contributed by atoms with E-state index in [0.717, 1.165) is 33.5 Å². The first kappa shape index (κ1) is 18.8. The van der Waals surface area contributed by atoms with Gasteiger partial charge in [0.05, 0.1) is 29.8 Å². The highest BCUT2D eigenvalue weighted by atomic mass is 35.5. The molecule has 4 rings (SSSR count). The molecule has 7 heteroatoms. The van der Waals surface area contributed by atoms with E-state index in [1.165, 1.54) is 11.8 Å². The average Bonchev–Trinajstić information content (AvgIpc) is 3.17.